The maximum atomic E-state index is 13.0. The van der Waals surface area contributed by atoms with E-state index >= 15 is 0 Å². The molecule has 3 aromatic rings. The van der Waals surface area contributed by atoms with E-state index < -0.39 is 29.5 Å². The fraction of sp³-hybridized carbons (Fsp3) is 0.300. The number of amides is 1. The summed E-state index contributed by atoms with van der Waals surface area (Å²) in [6, 6.07) is 6.38. The molecule has 0 aliphatic heterocycles. The van der Waals surface area contributed by atoms with Crippen molar-refractivity contribution in [1.29, 1.82) is 5.26 Å². The second-order valence-corrected chi connectivity index (χ2v) is 8.08. The molecule has 0 saturated carbocycles. The highest BCUT2D eigenvalue weighted by Crippen LogP contribution is 2.30. The van der Waals surface area contributed by atoms with Crippen molar-refractivity contribution in [1.82, 2.24) is 30.0 Å². The van der Waals surface area contributed by atoms with E-state index in [0.29, 0.717) is 23.0 Å². The molecule has 0 aliphatic rings. The maximum absolute atomic E-state index is 13.0. The molecular weight excluding hydrogens is 491 g/mol. The molecule has 0 fully saturated rings. The van der Waals surface area contributed by atoms with Crippen LogP contribution in [0.4, 0.5) is 13.2 Å². The highest BCUT2D eigenvalue weighted by Gasteiger charge is 2.34. The number of alkyl halides is 3. The summed E-state index contributed by atoms with van der Waals surface area (Å²) in [6.07, 6.45) is -3.32. The van der Waals surface area contributed by atoms with Crippen molar-refractivity contribution >= 4 is 21.8 Å². The van der Waals surface area contributed by atoms with Gasteiger partial charge in [0.05, 0.1) is 11.6 Å². The third-order valence-electron chi connectivity index (χ3n) is 4.31. The molecule has 3 rings (SSSR count). The Labute approximate surface area is 189 Å². The Morgan fingerprint density at radius 1 is 1.22 bits per heavy atom. The third kappa shape index (κ3) is 5.11. The van der Waals surface area contributed by atoms with E-state index in [-0.39, 0.29) is 10.4 Å². The van der Waals surface area contributed by atoms with Crippen molar-refractivity contribution in [2.45, 2.75) is 38.9 Å². The number of hydrogen-bond donors (Lipinski definition) is 1. The van der Waals surface area contributed by atoms with Crippen molar-refractivity contribution in [2.75, 3.05) is 0 Å². The molecule has 8 nitrogen and oxygen atoms in total. The molecule has 1 atom stereocenters. The largest absolute Gasteiger partial charge is 0.433 e. The molecule has 166 valence electrons. The number of pyridine rings is 2. The molecule has 1 N–H and O–H groups in total. The zero-order chi connectivity index (χ0) is 23.6. The summed E-state index contributed by atoms with van der Waals surface area (Å²) in [5, 5.41) is 16.0. The first-order valence-corrected chi connectivity index (χ1v) is 10.2. The smallest absolute Gasteiger partial charge is 0.341 e. The Kier molecular flexibility index (Phi) is 6.59. The molecule has 0 radical (unpaired) electrons. The number of nitriles is 1. The average molecular weight is 508 g/mol. The lowest BCUT2D eigenvalue weighted by molar-refractivity contribution is -0.141. The van der Waals surface area contributed by atoms with Crippen LogP contribution in [0.3, 0.4) is 0 Å². The van der Waals surface area contributed by atoms with Gasteiger partial charge in [-0.15, -0.1) is 5.10 Å². The standard InChI is InChI=1S/C20H17BrF3N7O/c1-10(2)17-29-18(31(30-17)16-5-4-12(8-25)9-26-16)11(3)27-19(32)14-6-13(21)7-15(28-14)20(22,23)24/h4-7,9-11H,1-3H3,(H,27,32)/t11-/m0/s1. The van der Waals surface area contributed by atoms with Gasteiger partial charge in [-0.05, 0) is 31.2 Å². The number of nitrogens with zero attached hydrogens (tertiary/aromatic N) is 6. The number of rotatable bonds is 5. The van der Waals surface area contributed by atoms with Gasteiger partial charge in [-0.3, -0.25) is 4.79 Å². The maximum Gasteiger partial charge on any atom is 0.433 e. The Bertz CT molecular complexity index is 1180. The second kappa shape index (κ2) is 9.04. The lowest BCUT2D eigenvalue weighted by atomic mass is 10.2. The number of nitrogens with one attached hydrogen (secondary N) is 1. The predicted molar refractivity (Wildman–Crippen MR) is 111 cm³/mol. The van der Waals surface area contributed by atoms with Crippen LogP contribution in [0.1, 0.15) is 66.1 Å². The number of halogens is 4. The molecular formula is C20H17BrF3N7O. The van der Waals surface area contributed by atoms with E-state index in [4.69, 9.17) is 5.26 Å². The van der Waals surface area contributed by atoms with Gasteiger partial charge in [0.25, 0.3) is 5.91 Å². The molecule has 32 heavy (non-hydrogen) atoms. The van der Waals surface area contributed by atoms with Crippen LogP contribution in [-0.4, -0.2) is 30.6 Å². The van der Waals surface area contributed by atoms with Crippen LogP contribution < -0.4 is 5.32 Å². The molecule has 0 aliphatic carbocycles. The van der Waals surface area contributed by atoms with Crippen LogP contribution in [0.25, 0.3) is 5.82 Å². The predicted octanol–water partition coefficient (Wildman–Crippen LogP) is 4.32. The molecule has 0 unspecified atom stereocenters. The molecule has 12 heteroatoms. The number of carbonyl (C=O) groups excluding carboxylic acids is 1. The van der Waals surface area contributed by atoms with Crippen LogP contribution in [0.15, 0.2) is 34.9 Å². The number of hydrogen-bond acceptors (Lipinski definition) is 6. The molecule has 3 heterocycles. The average Bonchev–Trinajstić information content (AvgIpc) is 3.18. The van der Waals surface area contributed by atoms with Crippen molar-refractivity contribution in [3.05, 3.63) is 63.5 Å². The van der Waals surface area contributed by atoms with E-state index in [2.05, 4.69) is 41.3 Å². The van der Waals surface area contributed by atoms with Crippen LogP contribution in [0.2, 0.25) is 0 Å². The van der Waals surface area contributed by atoms with Gasteiger partial charge in [0, 0.05) is 16.6 Å². The topological polar surface area (TPSA) is 109 Å². The quantitative estimate of drug-likeness (QED) is 0.550. The highest BCUT2D eigenvalue weighted by molar-refractivity contribution is 9.10. The van der Waals surface area contributed by atoms with Crippen LogP contribution >= 0.6 is 15.9 Å². The van der Waals surface area contributed by atoms with Crippen LogP contribution in [-0.2, 0) is 6.18 Å². The lowest BCUT2D eigenvalue weighted by Gasteiger charge is -2.15. The summed E-state index contributed by atoms with van der Waals surface area (Å²) in [5.74, 6) is 0.354. The number of carbonyl (C=O) groups is 1. The Morgan fingerprint density at radius 2 is 1.94 bits per heavy atom. The monoisotopic (exact) mass is 507 g/mol. The first-order chi connectivity index (χ1) is 15.0. The van der Waals surface area contributed by atoms with E-state index in [1.807, 2.05) is 19.9 Å². The Balaban J connectivity index is 1.94. The summed E-state index contributed by atoms with van der Waals surface area (Å²) < 4.78 is 40.6. The van der Waals surface area contributed by atoms with E-state index in [0.717, 1.165) is 6.07 Å². The van der Waals surface area contributed by atoms with Gasteiger partial charge in [0.2, 0.25) is 0 Å². The van der Waals surface area contributed by atoms with Crippen molar-refractivity contribution in [2.24, 2.45) is 0 Å². The first-order valence-electron chi connectivity index (χ1n) is 9.38. The van der Waals surface area contributed by atoms with E-state index in [1.165, 1.54) is 16.9 Å². The minimum Gasteiger partial charge on any atom is -0.341 e. The molecule has 1 amide bonds. The summed E-state index contributed by atoms with van der Waals surface area (Å²) in [7, 11) is 0. The van der Waals surface area contributed by atoms with Crippen molar-refractivity contribution in [3.63, 3.8) is 0 Å². The van der Waals surface area contributed by atoms with Gasteiger partial charge in [0.15, 0.2) is 17.5 Å². The molecule has 0 aromatic carbocycles. The number of aromatic nitrogens is 5. The fourth-order valence-electron chi connectivity index (χ4n) is 2.71. The summed E-state index contributed by atoms with van der Waals surface area (Å²) in [5.41, 5.74) is -1.22. The molecule has 0 spiro atoms. The molecule has 0 bridgehead atoms. The minimum atomic E-state index is -4.70. The SMILES string of the molecule is CC(C)c1nc([C@H](C)NC(=O)c2cc(Br)cc(C(F)(F)F)n2)n(-c2ccc(C#N)cn2)n1. The van der Waals surface area contributed by atoms with Gasteiger partial charge < -0.3 is 5.32 Å². The van der Waals surface area contributed by atoms with Crippen LogP contribution in [0, 0.1) is 11.3 Å². The molecule has 0 saturated heterocycles. The van der Waals surface area contributed by atoms with E-state index in [9.17, 15) is 18.0 Å². The fourth-order valence-corrected chi connectivity index (χ4v) is 3.14. The Morgan fingerprint density at radius 3 is 2.50 bits per heavy atom. The normalized spacial score (nSPS) is 12.5. The van der Waals surface area contributed by atoms with Gasteiger partial charge in [-0.25, -0.2) is 15.0 Å². The second-order valence-electron chi connectivity index (χ2n) is 7.16. The summed E-state index contributed by atoms with van der Waals surface area (Å²) in [4.78, 5) is 24.8. The zero-order valence-electron chi connectivity index (χ0n) is 17.1. The van der Waals surface area contributed by atoms with Gasteiger partial charge in [-0.2, -0.15) is 23.1 Å². The Hall–Kier alpha value is -3.33. The van der Waals surface area contributed by atoms with E-state index in [1.54, 1.807) is 19.1 Å². The van der Waals surface area contributed by atoms with Gasteiger partial charge >= 0.3 is 6.18 Å². The lowest BCUT2D eigenvalue weighted by Crippen LogP contribution is -2.30. The van der Waals surface area contributed by atoms with Crippen molar-refractivity contribution < 1.29 is 18.0 Å². The molecule has 3 aromatic heterocycles. The minimum absolute atomic E-state index is 0.0302. The van der Waals surface area contributed by atoms with Crippen molar-refractivity contribution in [3.8, 4) is 11.9 Å². The summed E-state index contributed by atoms with van der Waals surface area (Å²) in [6.45, 7) is 5.40. The van der Waals surface area contributed by atoms with Gasteiger partial charge in [-0.1, -0.05) is 29.8 Å². The zero-order valence-corrected chi connectivity index (χ0v) is 18.7. The van der Waals surface area contributed by atoms with Gasteiger partial charge in [0.1, 0.15) is 17.5 Å². The highest BCUT2D eigenvalue weighted by atomic mass is 79.9. The third-order valence-corrected chi connectivity index (χ3v) is 4.76. The first kappa shape index (κ1) is 23.3. The summed E-state index contributed by atoms with van der Waals surface area (Å²) >= 11 is 2.98. The van der Waals surface area contributed by atoms with Crippen LogP contribution in [0.5, 0.6) is 0 Å².